The van der Waals surface area contributed by atoms with Crippen LogP contribution in [0.25, 0.3) is 0 Å². The van der Waals surface area contributed by atoms with Crippen molar-refractivity contribution in [2.75, 3.05) is 33.5 Å². The highest BCUT2D eigenvalue weighted by Crippen LogP contribution is 1.71. The van der Waals surface area contributed by atoms with Gasteiger partial charge in [0.2, 0.25) is 0 Å². The quantitative estimate of drug-likeness (QED) is 0.515. The first kappa shape index (κ1) is 7.88. The molecule has 2 N–H and O–H groups in total. The van der Waals surface area contributed by atoms with Gasteiger partial charge in [0.15, 0.2) is 0 Å². The van der Waals surface area contributed by atoms with E-state index >= 15 is 0 Å². The number of hydrogen-bond acceptors (Lipinski definition) is 3. The first-order valence-electron chi connectivity index (χ1n) is 2.68. The van der Waals surface area contributed by atoms with E-state index in [2.05, 4.69) is 0 Å². The van der Waals surface area contributed by atoms with Crippen molar-refractivity contribution in [1.29, 1.82) is 0 Å². The minimum atomic E-state index is 0. The van der Waals surface area contributed by atoms with Gasteiger partial charge in [-0.1, -0.05) is 0 Å². The van der Waals surface area contributed by atoms with Gasteiger partial charge in [-0.05, 0) is 0 Å². The van der Waals surface area contributed by atoms with Crippen molar-refractivity contribution in [2.24, 2.45) is 5.73 Å². The lowest BCUT2D eigenvalue weighted by Gasteiger charge is -1.98. The van der Waals surface area contributed by atoms with Crippen molar-refractivity contribution in [1.82, 2.24) is 0 Å². The van der Waals surface area contributed by atoms with Crippen molar-refractivity contribution in [3.05, 3.63) is 0 Å². The molecule has 0 aromatic heterocycles. The Labute approximate surface area is 51.3 Å². The lowest BCUT2D eigenvalue weighted by atomic mass is 10.7. The second-order valence-corrected chi connectivity index (χ2v) is 1.39. The highest BCUT2D eigenvalue weighted by atomic mass is 16.5. The maximum Gasteiger partial charge on any atom is 0.0700 e. The first-order valence-corrected chi connectivity index (χ1v) is 2.68. The molecule has 0 atom stereocenters. The second kappa shape index (κ2) is 6.88. The van der Waals surface area contributed by atoms with Gasteiger partial charge in [-0.15, -0.1) is 0 Å². The van der Waals surface area contributed by atoms with E-state index in [1.165, 1.54) is 0 Å². The van der Waals surface area contributed by atoms with Crippen LogP contribution in [-0.4, -0.2) is 33.5 Å². The Hall–Kier alpha value is -0.120. The molecule has 3 heteroatoms. The SMILES string of the molecule is COCCOCCN.[HH]. The standard InChI is InChI=1S/C5H13NO2.H2/c1-7-4-5-8-3-2-6;/h2-6H2,1H3;1H. The van der Waals surface area contributed by atoms with Gasteiger partial charge in [-0.3, -0.25) is 0 Å². The lowest BCUT2D eigenvalue weighted by Crippen LogP contribution is -2.11. The Bertz CT molecular complexity index is 39.9. The number of nitrogens with two attached hydrogens (primary N) is 1. The smallest absolute Gasteiger partial charge is 0.0700 e. The Morgan fingerprint density at radius 1 is 1.38 bits per heavy atom. The molecule has 0 heterocycles. The molecule has 0 aromatic carbocycles. The number of rotatable bonds is 5. The van der Waals surface area contributed by atoms with E-state index in [-0.39, 0.29) is 1.43 Å². The molecule has 0 saturated carbocycles. The van der Waals surface area contributed by atoms with Gasteiger partial charge < -0.3 is 15.2 Å². The monoisotopic (exact) mass is 121 g/mol. The summed E-state index contributed by atoms with van der Waals surface area (Å²) in [5.74, 6) is 0. The largest absolute Gasteiger partial charge is 0.382 e. The molecule has 0 spiro atoms. The van der Waals surface area contributed by atoms with Crippen LogP contribution in [0.1, 0.15) is 1.43 Å². The fraction of sp³-hybridized carbons (Fsp3) is 1.00. The van der Waals surface area contributed by atoms with Crippen molar-refractivity contribution < 1.29 is 10.9 Å². The normalized spacial score (nSPS) is 9.75. The molecule has 52 valence electrons. The summed E-state index contributed by atoms with van der Waals surface area (Å²) in [7, 11) is 1.64. The van der Waals surface area contributed by atoms with Gasteiger partial charge in [0.25, 0.3) is 0 Å². The molecule has 0 amide bonds. The molecule has 0 aromatic rings. The Kier molecular flexibility index (Phi) is 6.78. The summed E-state index contributed by atoms with van der Waals surface area (Å²) in [6.45, 7) is 2.51. The molecule has 0 unspecified atom stereocenters. The zero-order valence-corrected chi connectivity index (χ0v) is 5.22. The van der Waals surface area contributed by atoms with Crippen molar-refractivity contribution >= 4 is 0 Å². The lowest BCUT2D eigenvalue weighted by molar-refractivity contribution is 0.0747. The third-order valence-electron chi connectivity index (χ3n) is 0.694. The average Bonchev–Trinajstić information content (AvgIpc) is 1.81. The molecule has 0 rings (SSSR count). The fourth-order valence-electron chi connectivity index (χ4n) is 0.328. The van der Waals surface area contributed by atoms with Crippen LogP contribution in [0.3, 0.4) is 0 Å². The topological polar surface area (TPSA) is 44.5 Å². The Balaban J connectivity index is 0. The average molecular weight is 121 g/mol. The van der Waals surface area contributed by atoms with Crippen LogP contribution in [0.2, 0.25) is 0 Å². The fourth-order valence-corrected chi connectivity index (χ4v) is 0.328. The van der Waals surface area contributed by atoms with Crippen LogP contribution in [0.5, 0.6) is 0 Å². The summed E-state index contributed by atoms with van der Waals surface area (Å²) >= 11 is 0. The molecule has 8 heavy (non-hydrogen) atoms. The maximum atomic E-state index is 5.14. The third kappa shape index (κ3) is 5.88. The predicted octanol–water partition coefficient (Wildman–Crippen LogP) is -0.146. The van der Waals surface area contributed by atoms with Gasteiger partial charge in [0, 0.05) is 15.1 Å². The van der Waals surface area contributed by atoms with Crippen molar-refractivity contribution in [3.63, 3.8) is 0 Å². The second-order valence-electron chi connectivity index (χ2n) is 1.39. The van der Waals surface area contributed by atoms with Crippen molar-refractivity contribution in [2.45, 2.75) is 0 Å². The number of methoxy groups -OCH3 is 1. The molecule has 3 nitrogen and oxygen atoms in total. The third-order valence-corrected chi connectivity index (χ3v) is 0.694. The summed E-state index contributed by atoms with van der Waals surface area (Å²) < 4.78 is 9.70. The van der Waals surface area contributed by atoms with E-state index in [1.54, 1.807) is 7.11 Å². The summed E-state index contributed by atoms with van der Waals surface area (Å²) in [5.41, 5.74) is 5.14. The number of hydrogen-bond donors (Lipinski definition) is 1. The Morgan fingerprint density at radius 3 is 2.62 bits per heavy atom. The minimum absolute atomic E-state index is 0. The van der Waals surface area contributed by atoms with Crippen LogP contribution < -0.4 is 5.73 Å². The number of ether oxygens (including phenoxy) is 2. The van der Waals surface area contributed by atoms with E-state index in [0.29, 0.717) is 26.4 Å². The van der Waals surface area contributed by atoms with E-state index in [4.69, 9.17) is 15.2 Å². The van der Waals surface area contributed by atoms with Gasteiger partial charge in [0.05, 0.1) is 19.8 Å². The minimum Gasteiger partial charge on any atom is -0.382 e. The van der Waals surface area contributed by atoms with Gasteiger partial charge in [0.1, 0.15) is 0 Å². The van der Waals surface area contributed by atoms with Crippen molar-refractivity contribution in [3.8, 4) is 0 Å². The zero-order valence-electron chi connectivity index (χ0n) is 5.22. The van der Waals surface area contributed by atoms with Crippen LogP contribution in [0, 0.1) is 0 Å². The van der Waals surface area contributed by atoms with Gasteiger partial charge >= 0.3 is 0 Å². The van der Waals surface area contributed by atoms with Crippen LogP contribution >= 0.6 is 0 Å². The molecule has 0 saturated heterocycles. The van der Waals surface area contributed by atoms with Crippen LogP contribution in [0.15, 0.2) is 0 Å². The van der Waals surface area contributed by atoms with Gasteiger partial charge in [-0.25, -0.2) is 0 Å². The van der Waals surface area contributed by atoms with E-state index in [1.807, 2.05) is 0 Å². The molecular formula is C5H15NO2. The van der Waals surface area contributed by atoms with Gasteiger partial charge in [-0.2, -0.15) is 0 Å². The molecule has 0 bridgehead atoms. The van der Waals surface area contributed by atoms with E-state index in [9.17, 15) is 0 Å². The molecule has 0 aliphatic rings. The molecular weight excluding hydrogens is 106 g/mol. The zero-order chi connectivity index (χ0) is 6.24. The highest BCUT2D eigenvalue weighted by Gasteiger charge is 1.81. The van der Waals surface area contributed by atoms with Crippen LogP contribution in [-0.2, 0) is 9.47 Å². The van der Waals surface area contributed by atoms with Crippen LogP contribution in [0.4, 0.5) is 0 Å². The Morgan fingerprint density at radius 2 is 2.12 bits per heavy atom. The maximum absolute atomic E-state index is 5.14. The molecule has 0 fully saturated rings. The summed E-state index contributed by atoms with van der Waals surface area (Å²) in [6, 6.07) is 0. The summed E-state index contributed by atoms with van der Waals surface area (Å²) in [6.07, 6.45) is 0. The highest BCUT2D eigenvalue weighted by molar-refractivity contribution is 4.30. The first-order chi connectivity index (χ1) is 3.91. The molecule has 0 aliphatic heterocycles. The molecule has 0 aliphatic carbocycles. The van der Waals surface area contributed by atoms with E-state index in [0.717, 1.165) is 0 Å². The summed E-state index contributed by atoms with van der Waals surface area (Å²) in [4.78, 5) is 0. The predicted molar refractivity (Wildman–Crippen MR) is 33.9 cm³/mol. The van der Waals surface area contributed by atoms with E-state index < -0.39 is 0 Å². The summed E-state index contributed by atoms with van der Waals surface area (Å²) in [5, 5.41) is 0. The molecule has 0 radical (unpaired) electrons.